The summed E-state index contributed by atoms with van der Waals surface area (Å²) in [6.45, 7) is 7.08. The van der Waals surface area contributed by atoms with Gasteiger partial charge in [-0.1, -0.05) is 20.8 Å². The highest BCUT2D eigenvalue weighted by Crippen LogP contribution is 2.32. The summed E-state index contributed by atoms with van der Waals surface area (Å²) in [5.74, 6) is 2.34. The number of nitrogens with one attached hydrogen (secondary N) is 2. The van der Waals surface area contributed by atoms with Gasteiger partial charge in [0.25, 0.3) is 0 Å². The largest absolute Gasteiger partial charge is 0.316 e. The van der Waals surface area contributed by atoms with E-state index in [1.54, 1.807) is 0 Å². The van der Waals surface area contributed by atoms with Gasteiger partial charge in [-0.3, -0.25) is 0 Å². The molecule has 0 aromatic carbocycles. The second-order valence-corrected chi connectivity index (χ2v) is 4.68. The van der Waals surface area contributed by atoms with E-state index in [2.05, 4.69) is 45.5 Å². The molecule has 4 unspecified atom stereocenters. The summed E-state index contributed by atoms with van der Waals surface area (Å²) >= 11 is 0. The molecule has 2 heteroatoms. The second kappa shape index (κ2) is 4.43. The van der Waals surface area contributed by atoms with Gasteiger partial charge in [-0.25, -0.2) is 0 Å². The van der Waals surface area contributed by atoms with Gasteiger partial charge in [0, 0.05) is 12.1 Å². The first kappa shape index (κ1) is 11.0. The van der Waals surface area contributed by atoms with Gasteiger partial charge in [0.15, 0.2) is 0 Å². The maximum absolute atomic E-state index is 3.45. The molecule has 0 aromatic rings. The lowest BCUT2D eigenvalue weighted by Gasteiger charge is -2.44. The molecule has 0 aromatic heterocycles. The standard InChI is InChI=1S/C11H24N2/c1-7-6-8(2)11(13-5)9(3)10(7)12-4/h7-13H,6H2,1-5H3. The molecule has 0 radical (unpaired) electrons. The Hall–Kier alpha value is -0.0800. The zero-order valence-electron chi connectivity index (χ0n) is 9.59. The Labute approximate surface area is 82.5 Å². The average molecular weight is 184 g/mol. The predicted octanol–water partition coefficient (Wildman–Crippen LogP) is 1.47. The van der Waals surface area contributed by atoms with E-state index in [9.17, 15) is 0 Å². The Bertz CT molecular complexity index is 142. The molecule has 1 aliphatic rings. The zero-order valence-corrected chi connectivity index (χ0v) is 9.59. The van der Waals surface area contributed by atoms with Crippen LogP contribution >= 0.6 is 0 Å². The van der Waals surface area contributed by atoms with Crippen molar-refractivity contribution in [3.63, 3.8) is 0 Å². The Kier molecular flexibility index (Phi) is 3.74. The van der Waals surface area contributed by atoms with Crippen LogP contribution in [0.3, 0.4) is 0 Å². The van der Waals surface area contributed by atoms with E-state index in [4.69, 9.17) is 0 Å². The van der Waals surface area contributed by atoms with Gasteiger partial charge in [-0.2, -0.15) is 0 Å². The van der Waals surface area contributed by atoms with Crippen molar-refractivity contribution in [3.05, 3.63) is 0 Å². The maximum atomic E-state index is 3.45. The van der Waals surface area contributed by atoms with Crippen LogP contribution in [-0.2, 0) is 0 Å². The third kappa shape index (κ3) is 2.05. The number of rotatable bonds is 2. The molecule has 1 saturated carbocycles. The van der Waals surface area contributed by atoms with Gasteiger partial charge < -0.3 is 10.6 Å². The van der Waals surface area contributed by atoms with Crippen molar-refractivity contribution < 1.29 is 0 Å². The highest BCUT2D eigenvalue weighted by molar-refractivity contribution is 4.93. The lowest BCUT2D eigenvalue weighted by atomic mass is 9.70. The van der Waals surface area contributed by atoms with Crippen LogP contribution < -0.4 is 10.6 Å². The van der Waals surface area contributed by atoms with E-state index < -0.39 is 0 Å². The summed E-state index contributed by atoms with van der Waals surface area (Å²) in [6.07, 6.45) is 1.33. The van der Waals surface area contributed by atoms with Crippen LogP contribution in [0.15, 0.2) is 0 Å². The molecule has 1 fully saturated rings. The van der Waals surface area contributed by atoms with E-state index in [1.165, 1.54) is 6.42 Å². The van der Waals surface area contributed by atoms with Crippen LogP contribution in [0.5, 0.6) is 0 Å². The fourth-order valence-corrected chi connectivity index (χ4v) is 3.23. The Morgan fingerprint density at radius 1 is 0.846 bits per heavy atom. The van der Waals surface area contributed by atoms with E-state index >= 15 is 0 Å². The van der Waals surface area contributed by atoms with E-state index in [-0.39, 0.29) is 0 Å². The molecule has 0 saturated heterocycles. The minimum Gasteiger partial charge on any atom is -0.316 e. The third-order valence-corrected chi connectivity index (χ3v) is 3.77. The molecule has 0 bridgehead atoms. The molecule has 0 aliphatic heterocycles. The third-order valence-electron chi connectivity index (χ3n) is 3.77. The van der Waals surface area contributed by atoms with Crippen LogP contribution in [0.1, 0.15) is 27.2 Å². The molecule has 0 spiro atoms. The van der Waals surface area contributed by atoms with Crippen LogP contribution in [-0.4, -0.2) is 26.2 Å². The van der Waals surface area contributed by atoms with Crippen molar-refractivity contribution in [2.45, 2.75) is 39.3 Å². The normalized spacial score (nSPS) is 46.4. The van der Waals surface area contributed by atoms with Crippen molar-refractivity contribution in [1.29, 1.82) is 0 Å². The molecule has 2 nitrogen and oxygen atoms in total. The lowest BCUT2D eigenvalue weighted by molar-refractivity contribution is 0.124. The molecule has 4 atom stereocenters. The van der Waals surface area contributed by atoms with Crippen molar-refractivity contribution in [2.75, 3.05) is 14.1 Å². The molecule has 78 valence electrons. The molecule has 2 N–H and O–H groups in total. The van der Waals surface area contributed by atoms with E-state index in [0.717, 1.165) is 17.8 Å². The Morgan fingerprint density at radius 3 is 1.54 bits per heavy atom. The molecule has 0 heterocycles. The highest BCUT2D eigenvalue weighted by Gasteiger charge is 2.36. The molecule has 0 amide bonds. The van der Waals surface area contributed by atoms with Gasteiger partial charge in [0.1, 0.15) is 0 Å². The number of hydrogen-bond acceptors (Lipinski definition) is 2. The predicted molar refractivity (Wildman–Crippen MR) is 57.8 cm³/mol. The average Bonchev–Trinajstić information content (AvgIpc) is 2.04. The van der Waals surface area contributed by atoms with Gasteiger partial charge in [-0.15, -0.1) is 0 Å². The van der Waals surface area contributed by atoms with Crippen molar-refractivity contribution in [2.24, 2.45) is 17.8 Å². The van der Waals surface area contributed by atoms with Gasteiger partial charge >= 0.3 is 0 Å². The first-order chi connectivity index (χ1) is 6.11. The smallest absolute Gasteiger partial charge is 0.0130 e. The fourth-order valence-electron chi connectivity index (χ4n) is 3.23. The zero-order chi connectivity index (χ0) is 10.0. The molecular formula is C11H24N2. The van der Waals surface area contributed by atoms with Crippen molar-refractivity contribution in [3.8, 4) is 0 Å². The van der Waals surface area contributed by atoms with Crippen LogP contribution in [0.2, 0.25) is 0 Å². The Morgan fingerprint density at radius 2 is 1.23 bits per heavy atom. The van der Waals surface area contributed by atoms with Crippen molar-refractivity contribution in [1.82, 2.24) is 10.6 Å². The lowest BCUT2D eigenvalue weighted by Crippen LogP contribution is -2.54. The summed E-state index contributed by atoms with van der Waals surface area (Å²) in [4.78, 5) is 0. The SMILES string of the molecule is CNC1C(C)CC(C)C(NC)C1C. The summed E-state index contributed by atoms with van der Waals surface area (Å²) < 4.78 is 0. The molecule has 13 heavy (non-hydrogen) atoms. The summed E-state index contributed by atoms with van der Waals surface area (Å²) in [7, 11) is 4.17. The van der Waals surface area contributed by atoms with Crippen LogP contribution in [0.25, 0.3) is 0 Å². The second-order valence-electron chi connectivity index (χ2n) is 4.68. The molecule has 1 rings (SSSR count). The van der Waals surface area contributed by atoms with Gasteiger partial charge in [-0.05, 0) is 38.3 Å². The van der Waals surface area contributed by atoms with Crippen molar-refractivity contribution >= 4 is 0 Å². The summed E-state index contributed by atoms with van der Waals surface area (Å²) in [6, 6.07) is 1.35. The summed E-state index contributed by atoms with van der Waals surface area (Å²) in [5.41, 5.74) is 0. The molecule has 1 aliphatic carbocycles. The minimum absolute atomic E-state index is 0.675. The van der Waals surface area contributed by atoms with Gasteiger partial charge in [0.2, 0.25) is 0 Å². The topological polar surface area (TPSA) is 24.1 Å². The highest BCUT2D eigenvalue weighted by atomic mass is 15.0. The monoisotopic (exact) mass is 184 g/mol. The first-order valence-electron chi connectivity index (χ1n) is 5.46. The first-order valence-corrected chi connectivity index (χ1v) is 5.46. The maximum Gasteiger partial charge on any atom is 0.0130 e. The van der Waals surface area contributed by atoms with Gasteiger partial charge in [0.05, 0.1) is 0 Å². The number of hydrogen-bond donors (Lipinski definition) is 2. The van der Waals surface area contributed by atoms with E-state index in [0.29, 0.717) is 12.1 Å². The quantitative estimate of drug-likeness (QED) is 0.679. The molecular weight excluding hydrogens is 160 g/mol. The van der Waals surface area contributed by atoms with Crippen LogP contribution in [0.4, 0.5) is 0 Å². The summed E-state index contributed by atoms with van der Waals surface area (Å²) in [5, 5.41) is 6.90. The van der Waals surface area contributed by atoms with Crippen LogP contribution in [0, 0.1) is 17.8 Å². The Balaban J connectivity index is 2.69. The van der Waals surface area contributed by atoms with E-state index in [1.807, 2.05) is 0 Å². The minimum atomic E-state index is 0.675. The fraction of sp³-hybridized carbons (Fsp3) is 1.00.